The van der Waals surface area contributed by atoms with Crippen molar-refractivity contribution in [2.75, 3.05) is 0 Å². The first kappa shape index (κ1) is 22.5. The van der Waals surface area contributed by atoms with Crippen molar-refractivity contribution < 1.29 is 5.11 Å². The van der Waals surface area contributed by atoms with Crippen LogP contribution in [0.2, 0.25) is 0 Å². The summed E-state index contributed by atoms with van der Waals surface area (Å²) >= 11 is 0. The molecule has 0 spiro atoms. The van der Waals surface area contributed by atoms with Crippen LogP contribution in [0.3, 0.4) is 0 Å². The van der Waals surface area contributed by atoms with Crippen LogP contribution in [0.5, 0.6) is 5.75 Å². The highest BCUT2D eigenvalue weighted by molar-refractivity contribution is 6.10. The van der Waals surface area contributed by atoms with E-state index in [9.17, 15) is 10.4 Å². The number of phenolic OH excluding ortho intramolecular Hbond substituents is 1. The lowest BCUT2D eigenvalue weighted by molar-refractivity contribution is 0.475. The van der Waals surface area contributed by atoms with Gasteiger partial charge in [0.05, 0.1) is 22.3 Å². The van der Waals surface area contributed by atoms with Crippen molar-refractivity contribution in [1.82, 2.24) is 19.7 Å². The molecule has 6 nitrogen and oxygen atoms in total. The van der Waals surface area contributed by atoms with E-state index in [1.54, 1.807) is 12.1 Å². The lowest BCUT2D eigenvalue weighted by atomic mass is 9.92. The fourth-order valence-corrected chi connectivity index (χ4v) is 5.18. The molecule has 3 heterocycles. The SMILES string of the molecule is N#Cc1c(-c2ccccc2)nc2c(c(-c3c[nH]c4ccccc34)nn2-c2ccccc2)c1-c1ccc(O)cc1. The Labute approximate surface area is 224 Å². The number of benzene rings is 4. The Kier molecular flexibility index (Phi) is 5.21. The maximum atomic E-state index is 10.6. The monoisotopic (exact) mass is 503 g/mol. The van der Waals surface area contributed by atoms with E-state index in [4.69, 9.17) is 10.1 Å². The highest BCUT2D eigenvalue weighted by Gasteiger charge is 2.26. The molecular formula is C33H21N5O. The Balaban J connectivity index is 1.69. The van der Waals surface area contributed by atoms with Crippen LogP contribution >= 0.6 is 0 Å². The van der Waals surface area contributed by atoms with Gasteiger partial charge in [0.1, 0.15) is 17.5 Å². The van der Waals surface area contributed by atoms with Gasteiger partial charge in [-0.3, -0.25) is 0 Å². The number of nitrogens with one attached hydrogen (secondary N) is 1. The summed E-state index contributed by atoms with van der Waals surface area (Å²) in [6, 6.07) is 37.1. The van der Waals surface area contributed by atoms with Gasteiger partial charge in [-0.25, -0.2) is 9.67 Å². The quantitative estimate of drug-likeness (QED) is 0.260. The second kappa shape index (κ2) is 9.02. The molecule has 0 bridgehead atoms. The summed E-state index contributed by atoms with van der Waals surface area (Å²) in [5, 5.41) is 27.6. The topological polar surface area (TPSA) is 90.5 Å². The molecule has 6 heteroatoms. The van der Waals surface area contributed by atoms with E-state index in [1.165, 1.54) is 0 Å². The molecule has 7 aromatic rings. The summed E-state index contributed by atoms with van der Waals surface area (Å²) in [6.07, 6.45) is 1.96. The number of nitriles is 1. The molecule has 0 amide bonds. The van der Waals surface area contributed by atoms with Crippen molar-refractivity contribution in [3.8, 4) is 51.1 Å². The molecule has 3 aromatic heterocycles. The maximum Gasteiger partial charge on any atom is 0.164 e. The molecule has 2 N–H and O–H groups in total. The molecule has 0 radical (unpaired) electrons. The van der Waals surface area contributed by atoms with Gasteiger partial charge in [-0.1, -0.05) is 78.9 Å². The Morgan fingerprint density at radius 2 is 1.44 bits per heavy atom. The largest absolute Gasteiger partial charge is 0.508 e. The predicted molar refractivity (Wildman–Crippen MR) is 153 cm³/mol. The maximum absolute atomic E-state index is 10.6. The molecule has 0 aliphatic carbocycles. The lowest BCUT2D eigenvalue weighted by Crippen LogP contribution is -2.01. The van der Waals surface area contributed by atoms with Crippen molar-refractivity contribution in [1.29, 1.82) is 5.26 Å². The average Bonchev–Trinajstić information content (AvgIpc) is 3.59. The molecule has 39 heavy (non-hydrogen) atoms. The van der Waals surface area contributed by atoms with E-state index in [2.05, 4.69) is 17.1 Å². The van der Waals surface area contributed by atoms with Gasteiger partial charge in [0.2, 0.25) is 0 Å². The second-order valence-corrected chi connectivity index (χ2v) is 9.28. The number of nitrogens with zero attached hydrogens (tertiary/aromatic N) is 4. The highest BCUT2D eigenvalue weighted by Crippen LogP contribution is 2.43. The molecule has 0 unspecified atom stereocenters. The lowest BCUT2D eigenvalue weighted by Gasteiger charge is -2.13. The van der Waals surface area contributed by atoms with Crippen LogP contribution in [-0.4, -0.2) is 24.9 Å². The van der Waals surface area contributed by atoms with Gasteiger partial charge in [0.25, 0.3) is 0 Å². The first-order valence-electron chi connectivity index (χ1n) is 12.6. The number of pyridine rings is 1. The number of H-pyrrole nitrogens is 1. The fraction of sp³-hybridized carbons (Fsp3) is 0. The molecule has 0 saturated carbocycles. The minimum atomic E-state index is 0.155. The number of hydrogen-bond acceptors (Lipinski definition) is 4. The van der Waals surface area contributed by atoms with Gasteiger partial charge >= 0.3 is 0 Å². The third-order valence-corrected chi connectivity index (χ3v) is 6.98. The van der Waals surface area contributed by atoms with Gasteiger partial charge in [-0.05, 0) is 35.9 Å². The summed E-state index contributed by atoms with van der Waals surface area (Å²) in [5.74, 6) is 0.155. The van der Waals surface area contributed by atoms with Crippen LogP contribution in [-0.2, 0) is 0 Å². The third kappa shape index (κ3) is 3.64. The summed E-state index contributed by atoms with van der Waals surface area (Å²) < 4.78 is 1.85. The first-order valence-corrected chi connectivity index (χ1v) is 12.6. The van der Waals surface area contributed by atoms with Crippen molar-refractivity contribution in [2.45, 2.75) is 0 Å². The van der Waals surface area contributed by atoms with Gasteiger partial charge in [-0.15, -0.1) is 0 Å². The van der Waals surface area contributed by atoms with Crippen molar-refractivity contribution >= 4 is 21.9 Å². The summed E-state index contributed by atoms with van der Waals surface area (Å²) in [7, 11) is 0. The van der Waals surface area contributed by atoms with Gasteiger partial charge in [0.15, 0.2) is 5.65 Å². The standard InChI is InChI=1S/C33H21N5O/c34-19-26-29(21-15-17-24(39)18-16-21)30-32(27-20-35-28-14-8-7-13-25(27)28)37-38(23-11-5-2-6-12-23)33(30)36-31(26)22-9-3-1-4-10-22/h1-18,20,35,39H. The number of hydrogen-bond donors (Lipinski definition) is 2. The predicted octanol–water partition coefficient (Wildman–Crippen LogP) is 7.48. The molecule has 0 saturated heterocycles. The van der Waals surface area contributed by atoms with Crippen LogP contribution < -0.4 is 0 Å². The van der Waals surface area contributed by atoms with E-state index in [-0.39, 0.29) is 5.75 Å². The Morgan fingerprint density at radius 1 is 0.744 bits per heavy atom. The van der Waals surface area contributed by atoms with Crippen LogP contribution in [0.4, 0.5) is 0 Å². The van der Waals surface area contributed by atoms with Gasteiger partial charge < -0.3 is 10.1 Å². The fourth-order valence-electron chi connectivity index (χ4n) is 5.18. The summed E-state index contributed by atoms with van der Waals surface area (Å²) in [5.41, 5.74) is 7.53. The third-order valence-electron chi connectivity index (χ3n) is 6.98. The molecule has 184 valence electrons. The van der Waals surface area contributed by atoms with Gasteiger partial charge in [-0.2, -0.15) is 10.4 Å². The van der Waals surface area contributed by atoms with E-state index in [1.807, 2.05) is 102 Å². The van der Waals surface area contributed by atoms with E-state index < -0.39 is 0 Å². The average molecular weight is 504 g/mol. The zero-order chi connectivity index (χ0) is 26.3. The highest BCUT2D eigenvalue weighted by atomic mass is 16.3. The molecule has 0 aliphatic rings. The van der Waals surface area contributed by atoms with Gasteiger partial charge in [0, 0.05) is 33.8 Å². The van der Waals surface area contributed by atoms with Crippen molar-refractivity contribution in [3.63, 3.8) is 0 Å². The molecule has 4 aromatic carbocycles. The smallest absolute Gasteiger partial charge is 0.164 e. The van der Waals surface area contributed by atoms with E-state index >= 15 is 0 Å². The van der Waals surface area contributed by atoms with E-state index in [0.29, 0.717) is 16.9 Å². The normalized spacial score (nSPS) is 11.2. The number of aromatic amines is 1. The van der Waals surface area contributed by atoms with Crippen LogP contribution in [0, 0.1) is 11.3 Å². The second-order valence-electron chi connectivity index (χ2n) is 9.28. The first-order chi connectivity index (χ1) is 19.2. The number of para-hydroxylation sites is 2. The molecule has 0 atom stereocenters. The van der Waals surface area contributed by atoms with Crippen molar-refractivity contribution in [3.05, 3.63) is 121 Å². The number of fused-ring (bicyclic) bond motifs is 2. The van der Waals surface area contributed by atoms with Crippen molar-refractivity contribution in [2.24, 2.45) is 0 Å². The number of aromatic nitrogens is 4. The molecule has 7 rings (SSSR count). The zero-order valence-electron chi connectivity index (χ0n) is 20.7. The van der Waals surface area contributed by atoms with E-state index in [0.717, 1.165) is 49.9 Å². The number of rotatable bonds is 4. The van der Waals surface area contributed by atoms with Crippen LogP contribution in [0.25, 0.3) is 61.3 Å². The summed E-state index contributed by atoms with van der Waals surface area (Å²) in [6.45, 7) is 0. The number of phenols is 1. The van der Waals surface area contributed by atoms with Crippen LogP contribution in [0.15, 0.2) is 115 Å². The summed E-state index contributed by atoms with van der Waals surface area (Å²) in [4.78, 5) is 8.49. The zero-order valence-corrected chi connectivity index (χ0v) is 20.7. The Morgan fingerprint density at radius 3 is 2.18 bits per heavy atom. The number of aromatic hydroxyl groups is 1. The van der Waals surface area contributed by atoms with Crippen LogP contribution in [0.1, 0.15) is 5.56 Å². The Bertz CT molecular complexity index is 2020. The Hall–Kier alpha value is -5.67. The minimum Gasteiger partial charge on any atom is -0.508 e. The molecule has 0 aliphatic heterocycles. The molecule has 0 fully saturated rings. The minimum absolute atomic E-state index is 0.155. The molecular weight excluding hydrogens is 482 g/mol.